The van der Waals surface area contributed by atoms with Crippen LogP contribution >= 0.6 is 0 Å². The van der Waals surface area contributed by atoms with Crippen molar-refractivity contribution in [2.24, 2.45) is 11.3 Å². The van der Waals surface area contributed by atoms with Gasteiger partial charge < -0.3 is 24.4 Å². The van der Waals surface area contributed by atoms with Crippen LogP contribution in [0.25, 0.3) is 21.8 Å². The molecule has 36 heavy (non-hydrogen) atoms. The van der Waals surface area contributed by atoms with E-state index in [0.717, 1.165) is 42.9 Å². The van der Waals surface area contributed by atoms with Crippen molar-refractivity contribution in [1.29, 1.82) is 0 Å². The topological polar surface area (TPSA) is 81.6 Å². The lowest BCUT2D eigenvalue weighted by Crippen LogP contribution is -2.66. The van der Waals surface area contributed by atoms with Crippen molar-refractivity contribution in [3.63, 3.8) is 0 Å². The number of nitrogens with zero attached hydrogens (tertiary/aromatic N) is 4. The maximum Gasteiger partial charge on any atom is 0.156 e. The van der Waals surface area contributed by atoms with Gasteiger partial charge in [-0.2, -0.15) is 0 Å². The van der Waals surface area contributed by atoms with Crippen LogP contribution in [0.3, 0.4) is 0 Å². The third-order valence-corrected chi connectivity index (χ3v) is 7.53. The first kappa shape index (κ1) is 21.7. The van der Waals surface area contributed by atoms with Crippen LogP contribution < -0.4 is 15.0 Å². The predicted octanol–water partition coefficient (Wildman–Crippen LogP) is 4.31. The highest BCUT2D eigenvalue weighted by molar-refractivity contribution is 5.98. The van der Waals surface area contributed by atoms with E-state index in [9.17, 15) is 0 Å². The molecule has 1 N–H and O–H groups in total. The number of nitrogens with one attached hydrogen (secondary N) is 1. The lowest BCUT2D eigenvalue weighted by molar-refractivity contribution is -0.127. The average Bonchev–Trinajstić information content (AvgIpc) is 2.78. The molecule has 3 aliphatic heterocycles. The normalized spacial score (nSPS) is 19.6. The number of ether oxygens (including phenoxy) is 3. The summed E-state index contributed by atoms with van der Waals surface area (Å²) in [5.74, 6) is 1.13. The summed E-state index contributed by atoms with van der Waals surface area (Å²) in [7, 11) is 0. The van der Waals surface area contributed by atoms with Gasteiger partial charge in [0.15, 0.2) is 5.82 Å². The van der Waals surface area contributed by atoms with Crippen molar-refractivity contribution in [2.75, 3.05) is 49.7 Å². The number of hydrogen-bond donors (Lipinski definition) is 1. The summed E-state index contributed by atoms with van der Waals surface area (Å²) in [5.41, 5.74) is 3.00. The summed E-state index contributed by atoms with van der Waals surface area (Å²) in [6.45, 7) is 6.98. The zero-order valence-corrected chi connectivity index (χ0v) is 19.9. The largest absolute Gasteiger partial charge is 0.489 e. The van der Waals surface area contributed by atoms with Crippen LogP contribution in [0.4, 0.5) is 21.6 Å². The van der Waals surface area contributed by atoms with Crippen LogP contribution in [0.2, 0.25) is 0 Å². The molecule has 0 aliphatic carbocycles. The van der Waals surface area contributed by atoms with Crippen molar-refractivity contribution in [3.8, 4) is 5.75 Å². The highest BCUT2D eigenvalue weighted by Gasteiger charge is 2.49. The quantitative estimate of drug-likeness (QED) is 0.431. The van der Waals surface area contributed by atoms with E-state index in [1.54, 1.807) is 30.5 Å². The molecule has 3 saturated heterocycles. The molecule has 5 heterocycles. The number of pyridine rings is 1. The average molecular weight is 488 g/mol. The van der Waals surface area contributed by atoms with E-state index < -0.39 is 0 Å². The molecule has 0 bridgehead atoms. The molecule has 1 atom stereocenters. The molecule has 3 aliphatic rings. The molecule has 8 nitrogen and oxygen atoms in total. The molecular formula is C27H26FN5O3. The highest BCUT2D eigenvalue weighted by Crippen LogP contribution is 2.44. The van der Waals surface area contributed by atoms with E-state index in [1.165, 1.54) is 6.33 Å². The van der Waals surface area contributed by atoms with Gasteiger partial charge in [0.05, 0.1) is 53.9 Å². The van der Waals surface area contributed by atoms with Crippen molar-refractivity contribution >= 4 is 39.0 Å². The Morgan fingerprint density at radius 3 is 2.69 bits per heavy atom. The van der Waals surface area contributed by atoms with Crippen LogP contribution in [0.15, 0.2) is 48.9 Å². The summed E-state index contributed by atoms with van der Waals surface area (Å²) in [4.78, 5) is 15.6. The Labute approximate surface area is 207 Å². The van der Waals surface area contributed by atoms with E-state index in [4.69, 9.17) is 14.2 Å². The van der Waals surface area contributed by atoms with Gasteiger partial charge >= 0.3 is 0 Å². The Bertz CT molecular complexity index is 1470. The number of fused-ring (bicyclic) bond motifs is 2. The predicted molar refractivity (Wildman–Crippen MR) is 134 cm³/mol. The minimum Gasteiger partial charge on any atom is -0.489 e. The summed E-state index contributed by atoms with van der Waals surface area (Å²) in [5, 5.41) is 4.37. The SMILES string of the molecule is C[C@@H](Oc1cc(N2CC3(COC3)C2)cc2ncnc(Nc3ccc4ncccc4c3F)c12)C1COC1. The Balaban J connectivity index is 1.29. The molecule has 9 heteroatoms. The van der Waals surface area contributed by atoms with Gasteiger partial charge in [-0.25, -0.2) is 14.4 Å². The molecule has 0 saturated carbocycles. The zero-order chi connectivity index (χ0) is 24.3. The highest BCUT2D eigenvalue weighted by atomic mass is 19.1. The third kappa shape index (κ3) is 3.53. The zero-order valence-electron chi connectivity index (χ0n) is 19.9. The minimum absolute atomic E-state index is 0.0449. The lowest BCUT2D eigenvalue weighted by Gasteiger charge is -2.56. The standard InChI is InChI=1S/C27H26FN5O3/c1-16(17-9-34-10-17)36-23-8-18(33-11-27(12-33)13-35-14-27)7-22-24(23)26(31-15-30-22)32-21-5-4-20-19(25(21)28)3-2-6-29-20/h2-8,15-17H,9-14H2,1H3,(H,30,31,32)/t16-/m1/s1. The van der Waals surface area contributed by atoms with Gasteiger partial charge in [-0.1, -0.05) is 0 Å². The summed E-state index contributed by atoms with van der Waals surface area (Å²) < 4.78 is 32.7. The van der Waals surface area contributed by atoms with Gasteiger partial charge in [0.1, 0.15) is 24.0 Å². The van der Waals surface area contributed by atoms with Gasteiger partial charge in [0.2, 0.25) is 0 Å². The number of benzene rings is 2. The van der Waals surface area contributed by atoms with Crippen molar-refractivity contribution < 1.29 is 18.6 Å². The molecule has 0 unspecified atom stereocenters. The van der Waals surface area contributed by atoms with Gasteiger partial charge in [-0.15, -0.1) is 0 Å². The fourth-order valence-corrected chi connectivity index (χ4v) is 5.19. The smallest absolute Gasteiger partial charge is 0.156 e. The van der Waals surface area contributed by atoms with E-state index in [1.807, 2.05) is 0 Å². The molecule has 2 aromatic carbocycles. The summed E-state index contributed by atoms with van der Waals surface area (Å²) in [6.07, 6.45) is 3.11. The fourth-order valence-electron chi connectivity index (χ4n) is 5.19. The molecule has 1 spiro atoms. The molecule has 4 aromatic rings. The van der Waals surface area contributed by atoms with E-state index in [0.29, 0.717) is 47.3 Å². The maximum atomic E-state index is 15.4. The second-order valence-corrected chi connectivity index (χ2v) is 10.2. The first-order valence-corrected chi connectivity index (χ1v) is 12.2. The first-order valence-electron chi connectivity index (χ1n) is 12.2. The summed E-state index contributed by atoms with van der Waals surface area (Å²) >= 11 is 0. The first-order chi connectivity index (χ1) is 17.6. The summed E-state index contributed by atoms with van der Waals surface area (Å²) in [6, 6.07) is 11.0. The lowest BCUT2D eigenvalue weighted by atomic mass is 9.77. The molecule has 0 amide bonds. The third-order valence-electron chi connectivity index (χ3n) is 7.53. The molecule has 184 valence electrons. The van der Waals surface area contributed by atoms with Crippen molar-refractivity contribution in [3.05, 3.63) is 54.7 Å². The van der Waals surface area contributed by atoms with Crippen LogP contribution in [-0.2, 0) is 9.47 Å². The van der Waals surface area contributed by atoms with Crippen LogP contribution in [0.1, 0.15) is 6.92 Å². The van der Waals surface area contributed by atoms with Crippen molar-refractivity contribution in [1.82, 2.24) is 15.0 Å². The van der Waals surface area contributed by atoms with Gasteiger partial charge in [0.25, 0.3) is 0 Å². The molecular weight excluding hydrogens is 461 g/mol. The number of aromatic nitrogens is 3. The fraction of sp³-hybridized carbons (Fsp3) is 0.370. The number of hydrogen-bond acceptors (Lipinski definition) is 8. The van der Waals surface area contributed by atoms with Crippen molar-refractivity contribution in [2.45, 2.75) is 13.0 Å². The molecule has 2 aromatic heterocycles. The van der Waals surface area contributed by atoms with Gasteiger partial charge in [-0.05, 0) is 37.3 Å². The van der Waals surface area contributed by atoms with E-state index >= 15 is 4.39 Å². The van der Waals surface area contributed by atoms with Gasteiger partial charge in [-0.3, -0.25) is 4.98 Å². The van der Waals surface area contributed by atoms with Gasteiger partial charge in [0, 0.05) is 42.3 Å². The number of rotatable bonds is 6. The Morgan fingerprint density at radius 1 is 1.08 bits per heavy atom. The van der Waals surface area contributed by atoms with Crippen LogP contribution in [0, 0.1) is 17.2 Å². The molecule has 7 rings (SSSR count). The minimum atomic E-state index is -0.375. The second-order valence-electron chi connectivity index (χ2n) is 10.2. The maximum absolute atomic E-state index is 15.4. The number of halogens is 1. The van der Waals surface area contributed by atoms with Crippen LogP contribution in [-0.4, -0.2) is 60.6 Å². The number of anilines is 3. The van der Waals surface area contributed by atoms with E-state index in [-0.39, 0.29) is 17.3 Å². The molecule has 3 fully saturated rings. The van der Waals surface area contributed by atoms with Crippen LogP contribution in [0.5, 0.6) is 5.75 Å². The Morgan fingerprint density at radius 2 is 1.94 bits per heavy atom. The Hall–Kier alpha value is -3.56. The van der Waals surface area contributed by atoms with E-state index in [2.05, 4.69) is 44.2 Å². The monoisotopic (exact) mass is 487 g/mol. The Kier molecular flexibility index (Phi) is 4.97. The second kappa shape index (κ2) is 8.25. The molecule has 0 radical (unpaired) electrons.